The molecule has 0 spiro atoms. The van der Waals surface area contributed by atoms with E-state index in [0.717, 1.165) is 42.0 Å². The van der Waals surface area contributed by atoms with Crippen molar-refractivity contribution < 1.29 is 14.4 Å². The van der Waals surface area contributed by atoms with Crippen molar-refractivity contribution in [2.24, 2.45) is 11.8 Å². The van der Waals surface area contributed by atoms with E-state index in [0.29, 0.717) is 5.13 Å². The summed E-state index contributed by atoms with van der Waals surface area (Å²) < 4.78 is 0. The second kappa shape index (κ2) is 6.12. The van der Waals surface area contributed by atoms with Crippen LogP contribution in [-0.4, -0.2) is 39.4 Å². The Morgan fingerprint density at radius 3 is 2.41 bits per heavy atom. The molecule has 1 saturated heterocycles. The SMILES string of the molecule is CCc1nnc(NC(=O)CN2C(=O)C3CCCCC3C2=O)s1. The van der Waals surface area contributed by atoms with Gasteiger partial charge in [0.25, 0.3) is 0 Å². The van der Waals surface area contributed by atoms with E-state index in [1.807, 2.05) is 6.92 Å². The van der Waals surface area contributed by atoms with E-state index in [4.69, 9.17) is 0 Å². The first-order chi connectivity index (χ1) is 10.6. The third-order valence-corrected chi connectivity index (χ3v) is 5.23. The standard InChI is InChI=1S/C14H18N4O3S/c1-2-11-16-17-14(22-11)15-10(19)7-18-12(20)8-5-3-4-6-9(8)13(18)21/h8-9H,2-7H2,1H3,(H,15,17,19). The number of likely N-dealkylation sites (tertiary alicyclic amines) is 1. The van der Waals surface area contributed by atoms with Gasteiger partial charge in [-0.2, -0.15) is 0 Å². The maximum absolute atomic E-state index is 12.3. The van der Waals surface area contributed by atoms with Crippen LogP contribution in [0, 0.1) is 11.8 Å². The molecule has 2 fully saturated rings. The molecule has 1 aliphatic heterocycles. The highest BCUT2D eigenvalue weighted by atomic mass is 32.1. The van der Waals surface area contributed by atoms with Crippen molar-refractivity contribution in [3.8, 4) is 0 Å². The van der Waals surface area contributed by atoms with Gasteiger partial charge < -0.3 is 0 Å². The number of imide groups is 1. The Morgan fingerprint density at radius 2 is 1.86 bits per heavy atom. The van der Waals surface area contributed by atoms with Crippen LogP contribution in [0.25, 0.3) is 0 Å². The van der Waals surface area contributed by atoms with Crippen LogP contribution in [-0.2, 0) is 20.8 Å². The molecule has 0 bridgehead atoms. The van der Waals surface area contributed by atoms with Gasteiger partial charge in [-0.05, 0) is 19.3 Å². The summed E-state index contributed by atoms with van der Waals surface area (Å²) in [6.45, 7) is 1.72. The van der Waals surface area contributed by atoms with E-state index < -0.39 is 5.91 Å². The number of nitrogens with one attached hydrogen (secondary N) is 1. The number of anilines is 1. The second-order valence-corrected chi connectivity index (χ2v) is 6.72. The Balaban J connectivity index is 1.63. The molecule has 1 aliphatic carbocycles. The van der Waals surface area contributed by atoms with Crippen molar-refractivity contribution in [1.82, 2.24) is 15.1 Å². The van der Waals surface area contributed by atoms with Gasteiger partial charge in [0, 0.05) is 0 Å². The van der Waals surface area contributed by atoms with Gasteiger partial charge in [0.15, 0.2) is 0 Å². The minimum atomic E-state index is -0.404. The lowest BCUT2D eigenvalue weighted by molar-refractivity contribution is -0.142. The minimum absolute atomic E-state index is 0.198. The second-order valence-electron chi connectivity index (χ2n) is 5.66. The van der Waals surface area contributed by atoms with E-state index in [1.54, 1.807) is 0 Å². The number of nitrogens with zero attached hydrogens (tertiary/aromatic N) is 3. The lowest BCUT2D eigenvalue weighted by atomic mass is 9.81. The predicted molar refractivity (Wildman–Crippen MR) is 80.1 cm³/mol. The van der Waals surface area contributed by atoms with Crippen LogP contribution in [0.4, 0.5) is 5.13 Å². The van der Waals surface area contributed by atoms with E-state index in [2.05, 4.69) is 15.5 Å². The highest BCUT2D eigenvalue weighted by Crippen LogP contribution is 2.37. The summed E-state index contributed by atoms with van der Waals surface area (Å²) in [5.41, 5.74) is 0. The fourth-order valence-electron chi connectivity index (χ4n) is 3.14. The monoisotopic (exact) mass is 322 g/mol. The Morgan fingerprint density at radius 1 is 1.23 bits per heavy atom. The predicted octanol–water partition coefficient (Wildman–Crippen LogP) is 1.21. The topological polar surface area (TPSA) is 92.3 Å². The van der Waals surface area contributed by atoms with Crippen molar-refractivity contribution in [2.75, 3.05) is 11.9 Å². The molecule has 1 N–H and O–H groups in total. The summed E-state index contributed by atoms with van der Waals surface area (Å²) >= 11 is 1.30. The van der Waals surface area contributed by atoms with E-state index in [9.17, 15) is 14.4 Å². The number of hydrogen-bond acceptors (Lipinski definition) is 6. The zero-order valence-corrected chi connectivity index (χ0v) is 13.2. The van der Waals surface area contributed by atoms with Crippen LogP contribution in [0.15, 0.2) is 0 Å². The first-order valence-electron chi connectivity index (χ1n) is 7.57. The third kappa shape index (κ3) is 2.75. The molecule has 118 valence electrons. The molecule has 2 heterocycles. The molecule has 22 heavy (non-hydrogen) atoms. The highest BCUT2D eigenvalue weighted by Gasteiger charge is 2.48. The maximum Gasteiger partial charge on any atom is 0.246 e. The fourth-order valence-corrected chi connectivity index (χ4v) is 3.83. The van der Waals surface area contributed by atoms with Crippen LogP contribution in [0.2, 0.25) is 0 Å². The van der Waals surface area contributed by atoms with Crippen LogP contribution in [0.1, 0.15) is 37.6 Å². The number of rotatable bonds is 4. The Labute approximate surface area is 132 Å². The molecule has 1 aromatic rings. The number of fused-ring (bicyclic) bond motifs is 1. The summed E-state index contributed by atoms with van der Waals surface area (Å²) in [6, 6.07) is 0. The number of aromatic nitrogens is 2. The average Bonchev–Trinajstić information content (AvgIpc) is 3.06. The van der Waals surface area contributed by atoms with Crippen LogP contribution < -0.4 is 5.32 Å². The number of hydrogen-bond donors (Lipinski definition) is 1. The van der Waals surface area contributed by atoms with E-state index in [1.165, 1.54) is 11.3 Å². The zero-order valence-electron chi connectivity index (χ0n) is 12.4. The summed E-state index contributed by atoms with van der Waals surface area (Å²) in [6.07, 6.45) is 4.21. The van der Waals surface area contributed by atoms with Gasteiger partial charge in [-0.15, -0.1) is 10.2 Å². The van der Waals surface area contributed by atoms with Gasteiger partial charge in [-0.3, -0.25) is 24.6 Å². The smallest absolute Gasteiger partial charge is 0.246 e. The summed E-state index contributed by atoms with van der Waals surface area (Å²) in [7, 11) is 0. The van der Waals surface area contributed by atoms with E-state index >= 15 is 0 Å². The molecule has 3 amide bonds. The molecule has 1 saturated carbocycles. The van der Waals surface area contributed by atoms with Crippen molar-refractivity contribution in [2.45, 2.75) is 39.0 Å². The summed E-state index contributed by atoms with van der Waals surface area (Å²) in [5.74, 6) is -1.24. The Bertz CT molecular complexity index is 591. The first kappa shape index (κ1) is 15.1. The molecular weight excluding hydrogens is 304 g/mol. The highest BCUT2D eigenvalue weighted by molar-refractivity contribution is 7.15. The van der Waals surface area contributed by atoms with Crippen molar-refractivity contribution in [3.05, 3.63) is 5.01 Å². The number of carbonyl (C=O) groups is 3. The molecule has 7 nitrogen and oxygen atoms in total. The molecule has 0 radical (unpaired) electrons. The van der Waals surface area contributed by atoms with Crippen LogP contribution in [0.5, 0.6) is 0 Å². The molecule has 2 atom stereocenters. The van der Waals surface area contributed by atoms with Gasteiger partial charge in [0.05, 0.1) is 11.8 Å². The molecule has 0 aromatic carbocycles. The first-order valence-corrected chi connectivity index (χ1v) is 8.39. The molecule has 3 rings (SSSR count). The Kier molecular flexibility index (Phi) is 4.19. The number of carbonyl (C=O) groups excluding carboxylic acids is 3. The fraction of sp³-hybridized carbons (Fsp3) is 0.643. The van der Waals surface area contributed by atoms with Gasteiger partial charge in [-0.25, -0.2) is 0 Å². The largest absolute Gasteiger partial charge is 0.299 e. The third-order valence-electron chi connectivity index (χ3n) is 4.25. The summed E-state index contributed by atoms with van der Waals surface area (Å²) in [4.78, 5) is 37.7. The van der Waals surface area contributed by atoms with Gasteiger partial charge in [0.1, 0.15) is 11.6 Å². The molecule has 2 aliphatic rings. The maximum atomic E-state index is 12.3. The van der Waals surface area contributed by atoms with Crippen molar-refractivity contribution in [1.29, 1.82) is 0 Å². The number of aryl methyl sites for hydroxylation is 1. The van der Waals surface area contributed by atoms with Gasteiger partial charge in [0.2, 0.25) is 22.9 Å². The minimum Gasteiger partial charge on any atom is -0.299 e. The normalized spacial score (nSPS) is 24.5. The van der Waals surface area contributed by atoms with E-state index in [-0.39, 0.29) is 30.2 Å². The lowest BCUT2D eigenvalue weighted by Gasteiger charge is -2.19. The van der Waals surface area contributed by atoms with Gasteiger partial charge in [-0.1, -0.05) is 31.1 Å². The lowest BCUT2D eigenvalue weighted by Crippen LogP contribution is -2.38. The number of amides is 3. The van der Waals surface area contributed by atoms with Crippen molar-refractivity contribution in [3.63, 3.8) is 0 Å². The van der Waals surface area contributed by atoms with Gasteiger partial charge >= 0.3 is 0 Å². The quantitative estimate of drug-likeness (QED) is 0.841. The molecular formula is C14H18N4O3S. The zero-order chi connectivity index (χ0) is 15.7. The Hall–Kier alpha value is -1.83. The summed E-state index contributed by atoms with van der Waals surface area (Å²) in [5, 5.41) is 11.6. The molecule has 1 aromatic heterocycles. The van der Waals surface area contributed by atoms with Crippen LogP contribution in [0.3, 0.4) is 0 Å². The van der Waals surface area contributed by atoms with Crippen LogP contribution >= 0.6 is 11.3 Å². The molecule has 8 heteroatoms. The average molecular weight is 322 g/mol. The molecule has 2 unspecified atom stereocenters. The van der Waals surface area contributed by atoms with Crippen molar-refractivity contribution >= 4 is 34.2 Å².